The van der Waals surface area contributed by atoms with Crippen molar-refractivity contribution >= 4 is 35.6 Å². The molecule has 5 unspecified atom stereocenters. The van der Waals surface area contributed by atoms with Crippen molar-refractivity contribution in [1.82, 2.24) is 16.0 Å². The molecule has 0 radical (unpaired) electrons. The lowest BCUT2D eigenvalue weighted by molar-refractivity contribution is -0.143. The molecular weight excluding hydrogens is 478 g/mol. The molecule has 0 aliphatic carbocycles. The van der Waals surface area contributed by atoms with Crippen molar-refractivity contribution in [1.29, 1.82) is 0 Å². The Kier molecular flexibility index (Phi) is 12.0. The molecule has 4 amide bonds. The molecule has 0 aromatic heterocycles. The summed E-state index contributed by atoms with van der Waals surface area (Å²) in [6.07, 6.45) is -2.93. The van der Waals surface area contributed by atoms with Crippen molar-refractivity contribution < 1.29 is 44.1 Å². The number of carbonyl (C=O) groups is 6. The van der Waals surface area contributed by atoms with E-state index in [0.29, 0.717) is 5.56 Å². The Labute approximate surface area is 206 Å². The van der Waals surface area contributed by atoms with Crippen LogP contribution in [0.4, 0.5) is 0 Å². The van der Waals surface area contributed by atoms with Crippen molar-refractivity contribution in [2.45, 2.75) is 62.9 Å². The topological polar surface area (TPSA) is 251 Å². The van der Waals surface area contributed by atoms with Crippen LogP contribution in [-0.4, -0.2) is 81.2 Å². The number of nitrogens with one attached hydrogen (secondary N) is 3. The van der Waals surface area contributed by atoms with Crippen LogP contribution in [-0.2, 0) is 35.2 Å². The monoisotopic (exact) mass is 509 g/mol. The van der Waals surface area contributed by atoms with Crippen LogP contribution in [0.25, 0.3) is 0 Å². The van der Waals surface area contributed by atoms with E-state index in [0.717, 1.165) is 0 Å². The van der Waals surface area contributed by atoms with E-state index >= 15 is 0 Å². The van der Waals surface area contributed by atoms with Gasteiger partial charge in [0, 0.05) is 12.8 Å². The first kappa shape index (κ1) is 30.0. The molecule has 0 saturated heterocycles. The summed E-state index contributed by atoms with van der Waals surface area (Å²) in [7, 11) is 0. The molecule has 36 heavy (non-hydrogen) atoms. The van der Waals surface area contributed by atoms with Crippen molar-refractivity contribution in [2.24, 2.45) is 11.5 Å². The lowest BCUT2D eigenvalue weighted by Gasteiger charge is -2.26. The fourth-order valence-corrected chi connectivity index (χ4v) is 3.07. The molecule has 0 fully saturated rings. The van der Waals surface area contributed by atoms with E-state index in [2.05, 4.69) is 16.0 Å². The highest BCUT2D eigenvalue weighted by atomic mass is 16.4. The van der Waals surface area contributed by atoms with Crippen LogP contribution < -0.4 is 27.4 Å². The quantitative estimate of drug-likeness (QED) is 0.121. The van der Waals surface area contributed by atoms with Crippen LogP contribution >= 0.6 is 0 Å². The number of aliphatic carboxylic acids is 2. The predicted octanol–water partition coefficient (Wildman–Crippen LogP) is -2.78. The zero-order valence-electron chi connectivity index (χ0n) is 19.5. The first-order valence-corrected chi connectivity index (χ1v) is 10.9. The number of aliphatic hydroxyl groups excluding tert-OH is 1. The minimum Gasteiger partial charge on any atom is -0.481 e. The number of hydrogen-bond donors (Lipinski definition) is 8. The third-order valence-electron chi connectivity index (χ3n) is 5.00. The molecule has 0 aliphatic heterocycles. The second-order valence-electron chi connectivity index (χ2n) is 8.09. The van der Waals surface area contributed by atoms with Crippen molar-refractivity contribution in [2.75, 3.05) is 0 Å². The fraction of sp³-hybridized carbons (Fsp3) is 0.455. The molecule has 0 bridgehead atoms. The van der Waals surface area contributed by atoms with Crippen LogP contribution in [0.3, 0.4) is 0 Å². The molecule has 5 atom stereocenters. The number of primary amides is 1. The number of nitrogens with two attached hydrogens (primary N) is 2. The van der Waals surface area contributed by atoms with E-state index in [1.807, 2.05) is 0 Å². The van der Waals surface area contributed by atoms with E-state index in [-0.39, 0.29) is 12.8 Å². The molecule has 14 heteroatoms. The highest BCUT2D eigenvalue weighted by Gasteiger charge is 2.33. The van der Waals surface area contributed by atoms with Gasteiger partial charge >= 0.3 is 11.9 Å². The molecule has 1 aromatic rings. The number of carbonyl (C=O) groups excluding carboxylic acids is 4. The van der Waals surface area contributed by atoms with Crippen LogP contribution in [0, 0.1) is 0 Å². The minimum absolute atomic E-state index is 0.0724. The number of rotatable bonds is 15. The van der Waals surface area contributed by atoms with Gasteiger partial charge in [0.05, 0.1) is 18.6 Å². The highest BCUT2D eigenvalue weighted by Crippen LogP contribution is 2.06. The Morgan fingerprint density at radius 1 is 0.889 bits per heavy atom. The standard InChI is InChI=1S/C22H31N5O9/c1-11(28)18(21(34)26-15(22(35)36)9-12-5-3-2-4-6-12)27-20(33)14(10-16(24)29)25-19(32)13(23)7-8-17(30)31/h2-6,11,13-15,18,28H,7-10,23H2,1H3,(H2,24,29)(H,25,32)(H,26,34)(H,27,33)(H,30,31)(H,35,36). The summed E-state index contributed by atoms with van der Waals surface area (Å²) in [5, 5.41) is 34.8. The number of hydrogen-bond acceptors (Lipinski definition) is 8. The summed E-state index contributed by atoms with van der Waals surface area (Å²) in [6, 6.07) is 2.49. The first-order chi connectivity index (χ1) is 16.8. The maximum Gasteiger partial charge on any atom is 0.326 e. The van der Waals surface area contributed by atoms with Crippen LogP contribution in [0.15, 0.2) is 30.3 Å². The zero-order chi connectivity index (χ0) is 27.4. The lowest BCUT2D eigenvalue weighted by atomic mass is 10.0. The van der Waals surface area contributed by atoms with E-state index in [1.165, 1.54) is 6.92 Å². The normalized spacial score (nSPS) is 14.9. The van der Waals surface area contributed by atoms with Crippen molar-refractivity contribution in [3.8, 4) is 0 Å². The molecule has 1 aromatic carbocycles. The van der Waals surface area contributed by atoms with Crippen LogP contribution in [0.5, 0.6) is 0 Å². The van der Waals surface area contributed by atoms with Crippen LogP contribution in [0.1, 0.15) is 31.7 Å². The molecule has 1 rings (SSSR count). The first-order valence-electron chi connectivity index (χ1n) is 10.9. The third-order valence-corrected chi connectivity index (χ3v) is 5.00. The summed E-state index contributed by atoms with van der Waals surface area (Å²) in [5.41, 5.74) is 11.4. The van der Waals surface area contributed by atoms with Gasteiger partial charge in [0.25, 0.3) is 0 Å². The second-order valence-corrected chi connectivity index (χ2v) is 8.09. The predicted molar refractivity (Wildman–Crippen MR) is 124 cm³/mol. The number of aliphatic hydroxyl groups is 1. The molecule has 198 valence electrons. The molecule has 10 N–H and O–H groups in total. The summed E-state index contributed by atoms with van der Waals surface area (Å²) < 4.78 is 0. The Morgan fingerprint density at radius 3 is 1.97 bits per heavy atom. The molecule has 0 spiro atoms. The number of benzene rings is 1. The van der Waals surface area contributed by atoms with Gasteiger partial charge in [-0.2, -0.15) is 0 Å². The van der Waals surface area contributed by atoms with Gasteiger partial charge in [-0.3, -0.25) is 24.0 Å². The smallest absolute Gasteiger partial charge is 0.326 e. The molecule has 0 heterocycles. The van der Waals surface area contributed by atoms with Gasteiger partial charge in [-0.25, -0.2) is 4.79 Å². The van der Waals surface area contributed by atoms with Gasteiger partial charge in [-0.15, -0.1) is 0 Å². The average Bonchev–Trinajstić information content (AvgIpc) is 2.79. The number of amides is 4. The van der Waals surface area contributed by atoms with Crippen molar-refractivity contribution in [3.05, 3.63) is 35.9 Å². The Bertz CT molecular complexity index is 954. The third kappa shape index (κ3) is 10.5. The van der Waals surface area contributed by atoms with E-state index in [9.17, 15) is 39.0 Å². The maximum absolute atomic E-state index is 12.8. The van der Waals surface area contributed by atoms with Gasteiger partial charge in [0.15, 0.2) is 0 Å². The zero-order valence-corrected chi connectivity index (χ0v) is 19.5. The van der Waals surface area contributed by atoms with Gasteiger partial charge < -0.3 is 42.7 Å². The summed E-state index contributed by atoms with van der Waals surface area (Å²) in [5.74, 6) is -6.57. The maximum atomic E-state index is 12.8. The van der Waals surface area contributed by atoms with Gasteiger partial charge in [-0.1, -0.05) is 30.3 Å². The Morgan fingerprint density at radius 2 is 1.47 bits per heavy atom. The average molecular weight is 510 g/mol. The van der Waals surface area contributed by atoms with Gasteiger partial charge in [0.2, 0.25) is 23.6 Å². The molecule has 0 saturated carbocycles. The number of carboxylic acid groups (broad SMARTS) is 2. The Hall–Kier alpha value is -4.04. The van der Waals surface area contributed by atoms with Crippen molar-refractivity contribution in [3.63, 3.8) is 0 Å². The number of carboxylic acids is 2. The van der Waals surface area contributed by atoms with E-state index < -0.39 is 78.7 Å². The van der Waals surface area contributed by atoms with Gasteiger partial charge in [0.1, 0.15) is 18.1 Å². The Balaban J connectivity index is 2.94. The largest absolute Gasteiger partial charge is 0.481 e. The lowest BCUT2D eigenvalue weighted by Crippen LogP contribution is -2.60. The van der Waals surface area contributed by atoms with E-state index in [4.69, 9.17) is 16.6 Å². The molecule has 0 aliphatic rings. The summed E-state index contributed by atoms with van der Waals surface area (Å²) >= 11 is 0. The van der Waals surface area contributed by atoms with E-state index in [1.54, 1.807) is 30.3 Å². The highest BCUT2D eigenvalue weighted by molar-refractivity contribution is 5.96. The molecular formula is C22H31N5O9. The van der Waals surface area contributed by atoms with Gasteiger partial charge in [-0.05, 0) is 18.9 Å². The summed E-state index contributed by atoms with van der Waals surface area (Å²) in [4.78, 5) is 71.5. The van der Waals surface area contributed by atoms with Crippen LogP contribution in [0.2, 0.25) is 0 Å². The SMILES string of the molecule is CC(O)C(NC(=O)C(CC(N)=O)NC(=O)C(N)CCC(=O)O)C(=O)NC(Cc1ccccc1)C(=O)O. The fourth-order valence-electron chi connectivity index (χ4n) is 3.07. The minimum atomic E-state index is -1.65. The molecule has 14 nitrogen and oxygen atoms in total. The second kappa shape index (κ2) is 14.4. The summed E-state index contributed by atoms with van der Waals surface area (Å²) in [6.45, 7) is 1.17.